The summed E-state index contributed by atoms with van der Waals surface area (Å²) in [5.41, 5.74) is 1.13. The molecule has 0 saturated carbocycles. The van der Waals surface area contributed by atoms with E-state index in [1.807, 2.05) is 22.6 Å². The van der Waals surface area contributed by atoms with Gasteiger partial charge >= 0.3 is 0 Å². The molecule has 0 aliphatic rings. The summed E-state index contributed by atoms with van der Waals surface area (Å²) in [6.07, 6.45) is 3.05. The van der Waals surface area contributed by atoms with Gasteiger partial charge in [0.15, 0.2) is 3.83 Å². The van der Waals surface area contributed by atoms with Crippen LogP contribution >= 0.6 is 22.6 Å². The van der Waals surface area contributed by atoms with Crippen molar-refractivity contribution in [3.63, 3.8) is 0 Å². The van der Waals surface area contributed by atoms with E-state index in [0.29, 0.717) is 15.2 Å². The van der Waals surface area contributed by atoms with Gasteiger partial charge in [-0.2, -0.15) is 0 Å². The third-order valence-corrected chi connectivity index (χ3v) is 2.89. The van der Waals surface area contributed by atoms with Gasteiger partial charge in [-0.05, 0) is 6.07 Å². The van der Waals surface area contributed by atoms with E-state index in [1.165, 1.54) is 17.0 Å². The molecular formula is C9H7IN4O. The predicted molar refractivity (Wildman–Crippen MR) is 63.2 cm³/mol. The van der Waals surface area contributed by atoms with Crippen molar-refractivity contribution < 1.29 is 0 Å². The van der Waals surface area contributed by atoms with Crippen LogP contribution in [0.2, 0.25) is 0 Å². The number of hydrogen-bond acceptors (Lipinski definition) is 4. The SMILES string of the molecule is Cn1c(I)nc(-c2ccncn2)cc1=O. The Morgan fingerprint density at radius 2 is 2.20 bits per heavy atom. The van der Waals surface area contributed by atoms with E-state index >= 15 is 0 Å². The van der Waals surface area contributed by atoms with Crippen LogP contribution in [0.25, 0.3) is 11.4 Å². The van der Waals surface area contributed by atoms with Crippen LogP contribution in [-0.2, 0) is 7.05 Å². The van der Waals surface area contributed by atoms with Gasteiger partial charge in [-0.25, -0.2) is 15.0 Å². The van der Waals surface area contributed by atoms with Crippen LogP contribution in [0, 0.1) is 3.83 Å². The molecule has 15 heavy (non-hydrogen) atoms. The van der Waals surface area contributed by atoms with E-state index in [-0.39, 0.29) is 5.56 Å². The van der Waals surface area contributed by atoms with Crippen LogP contribution in [0.15, 0.2) is 29.5 Å². The number of nitrogens with zero attached hydrogens (tertiary/aromatic N) is 4. The zero-order valence-electron chi connectivity index (χ0n) is 7.88. The third kappa shape index (κ3) is 2.04. The summed E-state index contributed by atoms with van der Waals surface area (Å²) in [6.45, 7) is 0. The number of aromatic nitrogens is 4. The van der Waals surface area contributed by atoms with Gasteiger partial charge in [0.25, 0.3) is 5.56 Å². The molecule has 0 amide bonds. The lowest BCUT2D eigenvalue weighted by molar-refractivity contribution is 0.791. The maximum atomic E-state index is 11.5. The van der Waals surface area contributed by atoms with Gasteiger partial charge in [-0.3, -0.25) is 9.36 Å². The van der Waals surface area contributed by atoms with Crippen LogP contribution in [0.3, 0.4) is 0 Å². The molecular weight excluding hydrogens is 307 g/mol. The highest BCUT2D eigenvalue weighted by Gasteiger charge is 2.05. The summed E-state index contributed by atoms with van der Waals surface area (Å²) in [4.78, 5) is 23.6. The zero-order chi connectivity index (χ0) is 10.8. The first-order valence-electron chi connectivity index (χ1n) is 4.18. The highest BCUT2D eigenvalue weighted by atomic mass is 127. The second-order valence-electron chi connectivity index (χ2n) is 2.90. The van der Waals surface area contributed by atoms with Gasteiger partial charge in [0.1, 0.15) is 6.33 Å². The van der Waals surface area contributed by atoms with Crippen molar-refractivity contribution in [2.75, 3.05) is 0 Å². The van der Waals surface area contributed by atoms with Gasteiger partial charge in [0, 0.05) is 41.9 Å². The Morgan fingerprint density at radius 3 is 2.80 bits per heavy atom. The standard InChI is InChI=1S/C9H7IN4O/c1-14-8(15)4-7(13-9(14)10)6-2-3-11-5-12-6/h2-5H,1H3. The fraction of sp³-hybridized carbons (Fsp3) is 0.111. The normalized spacial score (nSPS) is 10.3. The molecule has 5 nitrogen and oxygen atoms in total. The molecule has 0 bridgehead atoms. The molecule has 0 aliphatic heterocycles. The lowest BCUT2D eigenvalue weighted by Crippen LogP contribution is -2.20. The molecule has 2 heterocycles. The minimum atomic E-state index is -0.0944. The average Bonchev–Trinajstić information content (AvgIpc) is 2.26. The summed E-state index contributed by atoms with van der Waals surface area (Å²) >= 11 is 2.01. The van der Waals surface area contributed by atoms with E-state index < -0.39 is 0 Å². The molecule has 76 valence electrons. The van der Waals surface area contributed by atoms with Gasteiger partial charge in [-0.1, -0.05) is 0 Å². The van der Waals surface area contributed by atoms with E-state index in [2.05, 4.69) is 15.0 Å². The number of halogens is 1. The van der Waals surface area contributed by atoms with Crippen LogP contribution in [0.4, 0.5) is 0 Å². The molecule has 6 heteroatoms. The highest BCUT2D eigenvalue weighted by molar-refractivity contribution is 14.1. The van der Waals surface area contributed by atoms with Crippen molar-refractivity contribution in [3.05, 3.63) is 38.8 Å². The largest absolute Gasteiger partial charge is 0.291 e. The third-order valence-electron chi connectivity index (χ3n) is 1.92. The van der Waals surface area contributed by atoms with Gasteiger partial charge in [0.05, 0.1) is 11.4 Å². The van der Waals surface area contributed by atoms with Crippen molar-refractivity contribution in [3.8, 4) is 11.4 Å². The molecule has 0 aromatic carbocycles. The van der Waals surface area contributed by atoms with Crippen LogP contribution in [-0.4, -0.2) is 19.5 Å². The van der Waals surface area contributed by atoms with E-state index in [9.17, 15) is 4.79 Å². The Kier molecular flexibility index (Phi) is 2.76. The first-order valence-corrected chi connectivity index (χ1v) is 5.26. The highest BCUT2D eigenvalue weighted by Crippen LogP contribution is 2.11. The lowest BCUT2D eigenvalue weighted by Gasteiger charge is -2.03. The maximum Gasteiger partial charge on any atom is 0.254 e. The van der Waals surface area contributed by atoms with Crippen molar-refractivity contribution in [1.82, 2.24) is 19.5 Å². The van der Waals surface area contributed by atoms with Gasteiger partial charge in [-0.15, -0.1) is 0 Å². The Balaban J connectivity index is 2.61. The van der Waals surface area contributed by atoms with Crippen LogP contribution < -0.4 is 5.56 Å². The maximum absolute atomic E-state index is 11.5. The topological polar surface area (TPSA) is 60.7 Å². The summed E-state index contributed by atoms with van der Waals surface area (Å²) in [5.74, 6) is 0. The van der Waals surface area contributed by atoms with E-state index in [4.69, 9.17) is 0 Å². The molecule has 2 aromatic heterocycles. The second kappa shape index (κ2) is 4.05. The van der Waals surface area contributed by atoms with E-state index in [0.717, 1.165) is 0 Å². The Hall–Kier alpha value is -1.31. The average molecular weight is 314 g/mol. The Morgan fingerprint density at radius 1 is 1.40 bits per heavy atom. The molecule has 2 aromatic rings. The monoisotopic (exact) mass is 314 g/mol. The fourth-order valence-electron chi connectivity index (χ4n) is 1.08. The predicted octanol–water partition coefficient (Wildman–Crippen LogP) is 0.842. The first-order chi connectivity index (χ1) is 7.18. The summed E-state index contributed by atoms with van der Waals surface area (Å²) in [6, 6.07) is 3.18. The molecule has 0 fully saturated rings. The quantitative estimate of drug-likeness (QED) is 0.578. The molecule has 0 unspecified atom stereocenters. The Labute approximate surface area is 99.4 Å². The van der Waals surface area contributed by atoms with Gasteiger partial charge in [0.2, 0.25) is 0 Å². The molecule has 0 atom stereocenters. The minimum Gasteiger partial charge on any atom is -0.291 e. The molecule has 2 rings (SSSR count). The van der Waals surface area contributed by atoms with Crippen LogP contribution in [0.1, 0.15) is 0 Å². The van der Waals surface area contributed by atoms with Gasteiger partial charge < -0.3 is 0 Å². The van der Waals surface area contributed by atoms with Crippen molar-refractivity contribution in [2.24, 2.45) is 7.05 Å². The van der Waals surface area contributed by atoms with Crippen molar-refractivity contribution >= 4 is 22.6 Å². The van der Waals surface area contributed by atoms with Crippen LogP contribution in [0.5, 0.6) is 0 Å². The number of rotatable bonds is 1. The zero-order valence-corrected chi connectivity index (χ0v) is 10.0. The lowest BCUT2D eigenvalue weighted by atomic mass is 10.3. The molecule has 0 saturated heterocycles. The Bertz CT molecular complexity index is 538. The molecule has 0 radical (unpaired) electrons. The van der Waals surface area contributed by atoms with E-state index in [1.54, 1.807) is 19.3 Å². The first kappa shape index (κ1) is 10.2. The number of hydrogen-bond donors (Lipinski definition) is 0. The summed E-state index contributed by atoms with van der Waals surface area (Å²) < 4.78 is 2.11. The minimum absolute atomic E-state index is 0.0944. The molecule has 0 N–H and O–H groups in total. The fourth-order valence-corrected chi connectivity index (χ4v) is 1.58. The summed E-state index contributed by atoms with van der Waals surface area (Å²) in [5, 5.41) is 0. The van der Waals surface area contributed by atoms with Crippen molar-refractivity contribution in [1.29, 1.82) is 0 Å². The van der Waals surface area contributed by atoms with Crippen molar-refractivity contribution in [2.45, 2.75) is 0 Å². The second-order valence-corrected chi connectivity index (χ2v) is 3.87. The summed E-state index contributed by atoms with van der Waals surface area (Å²) in [7, 11) is 1.68. The smallest absolute Gasteiger partial charge is 0.254 e. The molecule has 0 aliphatic carbocycles. The molecule has 0 spiro atoms.